The second-order valence-corrected chi connectivity index (χ2v) is 10.6. The van der Waals surface area contributed by atoms with Crippen LogP contribution in [0.15, 0.2) is 71.8 Å². The average Bonchev–Trinajstić information content (AvgIpc) is 3.12. The summed E-state index contributed by atoms with van der Waals surface area (Å²) in [6.45, 7) is 0. The molecule has 0 N–H and O–H groups in total. The number of hydrogen-bond donors (Lipinski definition) is 0. The third-order valence-electron chi connectivity index (χ3n) is 5.36. The van der Waals surface area contributed by atoms with Crippen molar-refractivity contribution in [2.75, 3.05) is 6.26 Å². The van der Waals surface area contributed by atoms with Crippen LogP contribution in [0.5, 0.6) is 0 Å². The number of nitrogens with zero attached hydrogens (tertiary/aromatic N) is 4. The lowest BCUT2D eigenvalue weighted by Gasteiger charge is -2.13. The normalized spacial score (nSPS) is 12.0. The molecule has 0 fully saturated rings. The highest BCUT2D eigenvalue weighted by Gasteiger charge is 2.16. The number of fused-ring (bicyclic) bond motifs is 2. The zero-order chi connectivity index (χ0) is 23.3. The molecular formula is C24H19ClN4O3S. The van der Waals surface area contributed by atoms with Crippen LogP contribution < -0.4 is 5.56 Å². The Morgan fingerprint density at radius 2 is 1.67 bits per heavy atom. The van der Waals surface area contributed by atoms with Gasteiger partial charge in [0, 0.05) is 58.8 Å². The fraction of sp³-hybridized carbons (Fsp3) is 0.125. The zero-order valence-corrected chi connectivity index (χ0v) is 19.4. The third-order valence-corrected chi connectivity index (χ3v) is 6.41. The average molecular weight is 479 g/mol. The van der Waals surface area contributed by atoms with Gasteiger partial charge >= 0.3 is 0 Å². The van der Waals surface area contributed by atoms with Crippen LogP contribution in [0.2, 0.25) is 5.02 Å². The van der Waals surface area contributed by atoms with Crippen molar-refractivity contribution in [1.29, 1.82) is 0 Å². The number of aryl methyl sites for hydroxylation is 1. The molecule has 5 rings (SSSR count). The highest BCUT2D eigenvalue weighted by Crippen LogP contribution is 2.29. The largest absolute Gasteiger partial charge is 0.284 e. The summed E-state index contributed by atoms with van der Waals surface area (Å²) in [4.78, 5) is 17.5. The van der Waals surface area contributed by atoms with Crippen molar-refractivity contribution in [2.24, 2.45) is 7.05 Å². The van der Waals surface area contributed by atoms with Crippen molar-refractivity contribution < 1.29 is 8.42 Å². The Morgan fingerprint density at radius 3 is 2.39 bits per heavy atom. The minimum atomic E-state index is -3.34. The Bertz CT molecular complexity index is 1700. The number of benzene rings is 2. The van der Waals surface area contributed by atoms with Crippen LogP contribution in [0, 0.1) is 0 Å². The van der Waals surface area contributed by atoms with Crippen molar-refractivity contribution in [1.82, 2.24) is 19.3 Å². The van der Waals surface area contributed by atoms with Crippen molar-refractivity contribution in [3.63, 3.8) is 0 Å². The van der Waals surface area contributed by atoms with E-state index in [1.165, 1.54) is 6.07 Å². The van der Waals surface area contributed by atoms with E-state index in [0.717, 1.165) is 22.7 Å². The smallest absolute Gasteiger partial charge is 0.257 e. The standard InChI is InChI=1S/C24H19ClN4O3S/c1-28-12-16-9-19(7-8-21(16)27-28)29-13-17-10-20(15-3-5-18(25)6-4-15)23(14-33(2,31)32)26-22(17)11-24(29)30/h3-13H,14H2,1-2H3. The lowest BCUT2D eigenvalue weighted by Crippen LogP contribution is -2.17. The summed E-state index contributed by atoms with van der Waals surface area (Å²) in [6.07, 6.45) is 4.78. The SMILES string of the molecule is Cn1cc2cc(-n3cc4cc(-c5ccc(Cl)cc5)c(CS(C)(=O)=O)nc4cc3=O)ccc2n1. The topological polar surface area (TPSA) is 86.9 Å². The van der Waals surface area contributed by atoms with Gasteiger partial charge in [-0.1, -0.05) is 23.7 Å². The molecule has 9 heteroatoms. The molecule has 0 bridgehead atoms. The summed E-state index contributed by atoms with van der Waals surface area (Å²) in [5.41, 5.74) is 3.58. The van der Waals surface area contributed by atoms with Crippen molar-refractivity contribution in [2.45, 2.75) is 5.75 Å². The summed E-state index contributed by atoms with van der Waals surface area (Å²) < 4.78 is 27.4. The number of sulfone groups is 1. The fourth-order valence-electron chi connectivity index (χ4n) is 3.92. The molecule has 7 nitrogen and oxygen atoms in total. The van der Waals surface area contributed by atoms with Crippen molar-refractivity contribution in [3.8, 4) is 16.8 Å². The second kappa shape index (κ2) is 7.83. The highest BCUT2D eigenvalue weighted by molar-refractivity contribution is 7.89. The van der Waals surface area contributed by atoms with E-state index in [4.69, 9.17) is 11.6 Å². The van der Waals surface area contributed by atoms with E-state index in [2.05, 4.69) is 10.1 Å². The molecule has 0 spiro atoms. The van der Waals surface area contributed by atoms with Gasteiger partial charge in [-0.3, -0.25) is 19.0 Å². The van der Waals surface area contributed by atoms with Gasteiger partial charge in [-0.25, -0.2) is 8.42 Å². The number of rotatable bonds is 4. The van der Waals surface area contributed by atoms with Gasteiger partial charge in [0.2, 0.25) is 0 Å². The number of hydrogen-bond acceptors (Lipinski definition) is 5. The third kappa shape index (κ3) is 4.27. The van der Waals surface area contributed by atoms with Crippen LogP contribution in [-0.2, 0) is 22.6 Å². The lowest BCUT2D eigenvalue weighted by molar-refractivity contribution is 0.600. The van der Waals surface area contributed by atoms with E-state index < -0.39 is 9.84 Å². The Hall–Kier alpha value is -3.49. The summed E-state index contributed by atoms with van der Waals surface area (Å²) in [5, 5.41) is 6.58. The predicted octanol–water partition coefficient (Wildman–Crippen LogP) is 4.14. The monoisotopic (exact) mass is 478 g/mol. The molecule has 166 valence electrons. The molecule has 0 amide bonds. The summed E-state index contributed by atoms with van der Waals surface area (Å²) in [7, 11) is -1.50. The summed E-state index contributed by atoms with van der Waals surface area (Å²) in [5.74, 6) is -0.234. The molecule has 0 radical (unpaired) electrons. The van der Waals surface area contributed by atoms with Crippen LogP contribution in [0.3, 0.4) is 0 Å². The van der Waals surface area contributed by atoms with Gasteiger partial charge in [-0.05, 0) is 42.0 Å². The highest BCUT2D eigenvalue weighted by atomic mass is 35.5. The first-order chi connectivity index (χ1) is 15.7. The molecule has 0 unspecified atom stereocenters. The molecule has 2 aromatic carbocycles. The quantitative estimate of drug-likeness (QED) is 0.387. The Balaban J connectivity index is 1.72. The lowest BCUT2D eigenvalue weighted by atomic mass is 10.0. The van der Waals surface area contributed by atoms with Gasteiger partial charge in [0.1, 0.15) is 0 Å². The van der Waals surface area contributed by atoms with Crippen molar-refractivity contribution in [3.05, 3.63) is 88.1 Å². The van der Waals surface area contributed by atoms with E-state index in [9.17, 15) is 13.2 Å². The summed E-state index contributed by atoms with van der Waals surface area (Å²) >= 11 is 6.03. The van der Waals surface area contributed by atoms with Gasteiger partial charge in [0.15, 0.2) is 9.84 Å². The minimum Gasteiger partial charge on any atom is -0.284 e. The van der Waals surface area contributed by atoms with Gasteiger partial charge in [-0.2, -0.15) is 5.10 Å². The molecular weight excluding hydrogens is 460 g/mol. The maximum atomic E-state index is 12.9. The first-order valence-corrected chi connectivity index (χ1v) is 12.5. The first-order valence-electron chi connectivity index (χ1n) is 10.1. The molecule has 0 aliphatic rings. The molecule has 0 saturated carbocycles. The van der Waals surface area contributed by atoms with Crippen molar-refractivity contribution >= 4 is 43.2 Å². The van der Waals surface area contributed by atoms with Crippen LogP contribution in [-0.4, -0.2) is 34.0 Å². The number of halogens is 1. The van der Waals surface area contributed by atoms with E-state index >= 15 is 0 Å². The maximum Gasteiger partial charge on any atom is 0.257 e. The van der Waals surface area contributed by atoms with E-state index in [-0.39, 0.29) is 11.3 Å². The second-order valence-electron chi connectivity index (χ2n) is 8.06. The van der Waals surface area contributed by atoms with Gasteiger partial charge < -0.3 is 0 Å². The number of aromatic nitrogens is 4. The van der Waals surface area contributed by atoms with E-state index in [1.54, 1.807) is 27.6 Å². The molecule has 0 aliphatic heterocycles. The van der Waals surface area contributed by atoms with Gasteiger partial charge in [0.25, 0.3) is 5.56 Å². The van der Waals surface area contributed by atoms with Crippen LogP contribution in [0.4, 0.5) is 0 Å². The number of pyridine rings is 2. The van der Waals surface area contributed by atoms with Gasteiger partial charge in [-0.15, -0.1) is 0 Å². The zero-order valence-electron chi connectivity index (χ0n) is 17.9. The minimum absolute atomic E-state index is 0.234. The molecule has 0 aliphatic carbocycles. The Kier molecular flexibility index (Phi) is 5.07. The van der Waals surface area contributed by atoms with Crippen LogP contribution >= 0.6 is 11.6 Å². The summed E-state index contributed by atoms with van der Waals surface area (Å²) in [6, 6.07) is 16.0. The Morgan fingerprint density at radius 1 is 0.939 bits per heavy atom. The van der Waals surface area contributed by atoms with Crippen LogP contribution in [0.25, 0.3) is 38.6 Å². The van der Waals surface area contributed by atoms with Gasteiger partial charge in [0.05, 0.1) is 22.5 Å². The molecule has 0 saturated heterocycles. The molecule has 5 aromatic rings. The first kappa shape index (κ1) is 21.4. The molecule has 3 aromatic heterocycles. The Labute approximate surface area is 194 Å². The fourth-order valence-corrected chi connectivity index (χ4v) is 4.76. The van der Waals surface area contributed by atoms with E-state index in [1.807, 2.05) is 49.6 Å². The molecule has 3 heterocycles. The molecule has 0 atom stereocenters. The predicted molar refractivity (Wildman–Crippen MR) is 131 cm³/mol. The van der Waals surface area contributed by atoms with Crippen LogP contribution in [0.1, 0.15) is 5.69 Å². The van der Waals surface area contributed by atoms with E-state index in [0.29, 0.717) is 32.9 Å². The molecule has 33 heavy (non-hydrogen) atoms. The maximum absolute atomic E-state index is 12.9.